The van der Waals surface area contributed by atoms with Gasteiger partial charge >= 0.3 is 0 Å². The zero-order valence-corrected chi connectivity index (χ0v) is 12.9. The van der Waals surface area contributed by atoms with Crippen LogP contribution in [-0.2, 0) is 6.42 Å². The molecule has 5 nitrogen and oxygen atoms in total. The van der Waals surface area contributed by atoms with Crippen LogP contribution in [0.25, 0.3) is 21.3 Å². The summed E-state index contributed by atoms with van der Waals surface area (Å²) in [4.78, 5) is 17.2. The van der Waals surface area contributed by atoms with Gasteiger partial charge in [-0.05, 0) is 25.0 Å². The number of rotatable bonds is 4. The van der Waals surface area contributed by atoms with E-state index in [4.69, 9.17) is 0 Å². The molecule has 22 heavy (non-hydrogen) atoms. The van der Waals surface area contributed by atoms with E-state index in [1.807, 2.05) is 0 Å². The molecule has 0 atom stereocenters. The third kappa shape index (κ3) is 2.21. The number of aromatic nitrogens is 4. The lowest BCUT2D eigenvalue weighted by molar-refractivity contribution is 0.997. The van der Waals surface area contributed by atoms with Gasteiger partial charge in [-0.25, -0.2) is 15.0 Å². The molecule has 0 saturated heterocycles. The SMILES string of the molecule is Cc1[nH]c2ccccc2c1CCNc1ncnc2scnc12. The van der Waals surface area contributed by atoms with Crippen molar-refractivity contribution in [3.05, 3.63) is 47.4 Å². The number of anilines is 1. The maximum absolute atomic E-state index is 4.33. The summed E-state index contributed by atoms with van der Waals surface area (Å²) >= 11 is 1.53. The number of hydrogen-bond donors (Lipinski definition) is 2. The zero-order valence-electron chi connectivity index (χ0n) is 12.1. The molecule has 0 aliphatic rings. The first-order valence-electron chi connectivity index (χ1n) is 7.17. The maximum Gasteiger partial charge on any atom is 0.156 e. The summed E-state index contributed by atoms with van der Waals surface area (Å²) in [5.41, 5.74) is 6.42. The predicted octanol–water partition coefficient (Wildman–Crippen LogP) is 3.53. The number of nitrogens with one attached hydrogen (secondary N) is 2. The molecule has 4 aromatic rings. The fourth-order valence-corrected chi connectivity index (χ4v) is 3.41. The molecule has 110 valence electrons. The molecular weight excluding hydrogens is 294 g/mol. The van der Waals surface area contributed by atoms with E-state index in [2.05, 4.69) is 56.4 Å². The Hall–Kier alpha value is -2.47. The van der Waals surface area contributed by atoms with Gasteiger partial charge in [0.15, 0.2) is 5.82 Å². The number of para-hydroxylation sites is 1. The number of hydrogen-bond acceptors (Lipinski definition) is 5. The minimum Gasteiger partial charge on any atom is -0.368 e. The van der Waals surface area contributed by atoms with Crippen LogP contribution in [0, 0.1) is 6.92 Å². The summed E-state index contributed by atoms with van der Waals surface area (Å²) in [5, 5.41) is 4.68. The average molecular weight is 309 g/mol. The summed E-state index contributed by atoms with van der Waals surface area (Å²) < 4.78 is 0. The third-order valence-electron chi connectivity index (χ3n) is 3.83. The summed E-state index contributed by atoms with van der Waals surface area (Å²) in [7, 11) is 0. The summed E-state index contributed by atoms with van der Waals surface area (Å²) in [6, 6.07) is 8.41. The normalized spacial score (nSPS) is 11.3. The first-order valence-corrected chi connectivity index (χ1v) is 8.05. The lowest BCUT2D eigenvalue weighted by Gasteiger charge is -2.06. The second-order valence-electron chi connectivity index (χ2n) is 5.18. The highest BCUT2D eigenvalue weighted by Gasteiger charge is 2.09. The molecule has 0 fully saturated rings. The predicted molar refractivity (Wildman–Crippen MR) is 90.4 cm³/mol. The minimum atomic E-state index is 0.809. The molecule has 3 aromatic heterocycles. The highest BCUT2D eigenvalue weighted by atomic mass is 32.1. The van der Waals surface area contributed by atoms with Gasteiger partial charge < -0.3 is 10.3 Å². The van der Waals surface area contributed by atoms with Gasteiger partial charge in [-0.2, -0.15) is 0 Å². The lowest BCUT2D eigenvalue weighted by atomic mass is 10.1. The van der Waals surface area contributed by atoms with Gasteiger partial charge in [-0.15, -0.1) is 11.3 Å². The van der Waals surface area contributed by atoms with Crippen molar-refractivity contribution in [1.82, 2.24) is 19.9 Å². The van der Waals surface area contributed by atoms with Gasteiger partial charge in [0.1, 0.15) is 16.7 Å². The summed E-state index contributed by atoms with van der Waals surface area (Å²) in [5.74, 6) is 0.809. The fraction of sp³-hybridized carbons (Fsp3) is 0.188. The van der Waals surface area contributed by atoms with Crippen LogP contribution < -0.4 is 5.32 Å². The zero-order chi connectivity index (χ0) is 14.9. The number of aromatic amines is 1. The van der Waals surface area contributed by atoms with Gasteiger partial charge in [0.05, 0.1) is 5.51 Å². The van der Waals surface area contributed by atoms with Crippen LogP contribution in [0.15, 0.2) is 36.1 Å². The fourth-order valence-electron chi connectivity index (χ4n) is 2.79. The van der Waals surface area contributed by atoms with E-state index in [0.29, 0.717) is 0 Å². The molecule has 0 aliphatic carbocycles. The van der Waals surface area contributed by atoms with Crippen LogP contribution in [0.1, 0.15) is 11.3 Å². The minimum absolute atomic E-state index is 0.809. The Labute approximate surface area is 131 Å². The maximum atomic E-state index is 4.33. The average Bonchev–Trinajstić information content (AvgIpc) is 3.12. The van der Waals surface area contributed by atoms with Gasteiger partial charge in [0, 0.05) is 23.1 Å². The number of fused-ring (bicyclic) bond motifs is 2. The number of benzene rings is 1. The van der Waals surface area contributed by atoms with Gasteiger partial charge in [-0.1, -0.05) is 18.2 Å². The van der Waals surface area contributed by atoms with Crippen LogP contribution in [0.3, 0.4) is 0 Å². The molecule has 0 unspecified atom stereocenters. The third-order valence-corrected chi connectivity index (χ3v) is 4.56. The first kappa shape index (κ1) is 13.2. The van der Waals surface area contributed by atoms with E-state index >= 15 is 0 Å². The topological polar surface area (TPSA) is 66.5 Å². The molecule has 0 spiro atoms. The van der Waals surface area contributed by atoms with Crippen molar-refractivity contribution >= 4 is 38.4 Å². The van der Waals surface area contributed by atoms with E-state index in [1.54, 1.807) is 11.8 Å². The Morgan fingerprint density at radius 2 is 2.09 bits per heavy atom. The monoisotopic (exact) mass is 309 g/mol. The second kappa shape index (κ2) is 5.38. The molecular formula is C16H15N5S. The molecule has 4 rings (SSSR count). The van der Waals surface area contributed by atoms with Crippen LogP contribution in [0.4, 0.5) is 5.82 Å². The first-order chi connectivity index (χ1) is 10.8. The van der Waals surface area contributed by atoms with Crippen LogP contribution in [0.5, 0.6) is 0 Å². The number of aryl methyl sites for hydroxylation is 1. The number of H-pyrrole nitrogens is 1. The van der Waals surface area contributed by atoms with E-state index < -0.39 is 0 Å². The highest BCUT2D eigenvalue weighted by Crippen LogP contribution is 2.23. The Kier molecular flexibility index (Phi) is 3.23. The van der Waals surface area contributed by atoms with Gasteiger partial charge in [0.2, 0.25) is 0 Å². The second-order valence-corrected chi connectivity index (χ2v) is 6.01. The molecule has 0 aliphatic heterocycles. The summed E-state index contributed by atoms with van der Waals surface area (Å²) in [6.45, 7) is 2.94. The molecule has 0 amide bonds. The quantitative estimate of drug-likeness (QED) is 0.605. The van der Waals surface area contributed by atoms with E-state index in [-0.39, 0.29) is 0 Å². The Bertz CT molecular complexity index is 940. The molecule has 1 aromatic carbocycles. The van der Waals surface area contributed by atoms with Crippen molar-refractivity contribution in [2.75, 3.05) is 11.9 Å². The molecule has 0 bridgehead atoms. The van der Waals surface area contributed by atoms with E-state index in [1.165, 1.54) is 33.5 Å². The van der Waals surface area contributed by atoms with Gasteiger partial charge in [0.25, 0.3) is 0 Å². The van der Waals surface area contributed by atoms with Crippen molar-refractivity contribution < 1.29 is 0 Å². The molecule has 6 heteroatoms. The molecule has 0 saturated carbocycles. The van der Waals surface area contributed by atoms with Crippen molar-refractivity contribution in [1.29, 1.82) is 0 Å². The Morgan fingerprint density at radius 1 is 1.18 bits per heavy atom. The molecule has 2 N–H and O–H groups in total. The van der Waals surface area contributed by atoms with Crippen LogP contribution in [0.2, 0.25) is 0 Å². The van der Waals surface area contributed by atoms with Crippen LogP contribution >= 0.6 is 11.3 Å². The smallest absolute Gasteiger partial charge is 0.156 e. The molecule has 3 heterocycles. The lowest BCUT2D eigenvalue weighted by Crippen LogP contribution is -2.07. The van der Waals surface area contributed by atoms with Crippen molar-refractivity contribution in [2.45, 2.75) is 13.3 Å². The van der Waals surface area contributed by atoms with Crippen molar-refractivity contribution in [2.24, 2.45) is 0 Å². The van der Waals surface area contributed by atoms with Crippen molar-refractivity contribution in [3.63, 3.8) is 0 Å². The van der Waals surface area contributed by atoms with Gasteiger partial charge in [-0.3, -0.25) is 0 Å². The molecule has 0 radical (unpaired) electrons. The highest BCUT2D eigenvalue weighted by molar-refractivity contribution is 7.16. The largest absolute Gasteiger partial charge is 0.368 e. The number of nitrogens with zero attached hydrogens (tertiary/aromatic N) is 3. The van der Waals surface area contributed by atoms with Crippen LogP contribution in [-0.4, -0.2) is 26.5 Å². The summed E-state index contributed by atoms with van der Waals surface area (Å²) in [6.07, 6.45) is 2.52. The van der Waals surface area contributed by atoms with E-state index in [9.17, 15) is 0 Å². The Morgan fingerprint density at radius 3 is 3.05 bits per heavy atom. The number of thiazole rings is 1. The Balaban J connectivity index is 1.55. The van der Waals surface area contributed by atoms with Crippen molar-refractivity contribution in [3.8, 4) is 0 Å². The van der Waals surface area contributed by atoms with E-state index in [0.717, 1.165) is 29.1 Å². The standard InChI is InChI=1S/C16H15N5S/c1-10-11(12-4-2-3-5-13(12)21-10)6-7-17-15-14-16(19-8-18-15)22-9-20-14/h2-5,8-9,21H,6-7H2,1H3,(H,17,18,19).